The van der Waals surface area contributed by atoms with Gasteiger partial charge in [0.25, 0.3) is 0 Å². The molecule has 0 spiro atoms. The van der Waals surface area contributed by atoms with Crippen molar-refractivity contribution in [2.75, 3.05) is 50.0 Å². The van der Waals surface area contributed by atoms with Crippen LogP contribution in [0.5, 0.6) is 0 Å². The van der Waals surface area contributed by atoms with Gasteiger partial charge in [-0.2, -0.15) is 0 Å². The fourth-order valence-corrected chi connectivity index (χ4v) is 6.19. The summed E-state index contributed by atoms with van der Waals surface area (Å²) in [6.07, 6.45) is 8.83. The van der Waals surface area contributed by atoms with E-state index in [9.17, 15) is 8.42 Å². The van der Waals surface area contributed by atoms with Crippen molar-refractivity contribution in [2.45, 2.75) is 39.0 Å². The molecule has 2 aliphatic heterocycles. The summed E-state index contributed by atoms with van der Waals surface area (Å²) in [5, 5.41) is 0.575. The second-order valence-electron chi connectivity index (χ2n) is 8.97. The van der Waals surface area contributed by atoms with Crippen molar-refractivity contribution >= 4 is 27.6 Å². The molecule has 0 amide bonds. The Morgan fingerprint density at radius 1 is 1.07 bits per heavy atom. The van der Waals surface area contributed by atoms with Crippen LogP contribution in [-0.4, -0.2) is 67.8 Å². The zero-order chi connectivity index (χ0) is 21.1. The summed E-state index contributed by atoms with van der Waals surface area (Å²) < 4.78 is 31.6. The van der Waals surface area contributed by atoms with Crippen LogP contribution in [0.2, 0.25) is 5.02 Å². The molecule has 4 rings (SSSR count). The quantitative estimate of drug-likeness (QED) is 0.598. The summed E-state index contributed by atoms with van der Waals surface area (Å²) in [5.74, 6) is 3.76. The van der Waals surface area contributed by atoms with Crippen LogP contribution >= 0.6 is 11.6 Å². The van der Waals surface area contributed by atoms with E-state index >= 15 is 0 Å². The van der Waals surface area contributed by atoms with Gasteiger partial charge in [0.1, 0.15) is 0 Å². The van der Waals surface area contributed by atoms with Gasteiger partial charge in [0.2, 0.25) is 16.0 Å². The predicted octanol–water partition coefficient (Wildman–Crippen LogP) is 3.06. The molecule has 2 atom stereocenters. The lowest BCUT2D eigenvalue weighted by molar-refractivity contribution is 0.0685. The lowest BCUT2D eigenvalue weighted by Gasteiger charge is -2.32. The SMILES string of the molecule is CCS(=O)(=O)N1CCC(COC[C@@H]2C[C@@H]2C2CCN(c3ncc(Cl)cn3)CC2)CC1. The third-order valence-corrected chi connectivity index (χ3v) is 9.11. The minimum Gasteiger partial charge on any atom is -0.381 e. The number of anilines is 1. The van der Waals surface area contributed by atoms with Crippen molar-refractivity contribution in [3.8, 4) is 0 Å². The van der Waals surface area contributed by atoms with E-state index in [1.54, 1.807) is 23.6 Å². The number of piperidine rings is 2. The fraction of sp³-hybridized carbons (Fsp3) is 0.810. The van der Waals surface area contributed by atoms with Crippen LogP contribution in [0.4, 0.5) is 5.95 Å². The molecule has 168 valence electrons. The molecule has 9 heteroatoms. The average molecular weight is 457 g/mol. The first-order valence-corrected chi connectivity index (χ1v) is 13.2. The first kappa shape index (κ1) is 22.2. The van der Waals surface area contributed by atoms with E-state index in [-0.39, 0.29) is 5.75 Å². The Morgan fingerprint density at radius 3 is 2.37 bits per heavy atom. The molecule has 7 nitrogen and oxygen atoms in total. The monoisotopic (exact) mass is 456 g/mol. The number of rotatable bonds is 8. The molecule has 1 aromatic heterocycles. The Hall–Kier alpha value is -0.960. The molecule has 0 aromatic carbocycles. The van der Waals surface area contributed by atoms with Gasteiger partial charge in [-0.15, -0.1) is 0 Å². The zero-order valence-corrected chi connectivity index (χ0v) is 19.3. The standard InChI is InChI=1S/C21H33ClN4O3S/c1-2-30(27,28)26-9-3-16(4-10-26)14-29-15-18-11-20(18)17-5-7-25(8-6-17)21-23-12-19(22)13-24-21/h12-13,16-18,20H,2-11,14-15H2,1H3/t18-,20+/m0/s1. The van der Waals surface area contributed by atoms with Gasteiger partial charge < -0.3 is 9.64 Å². The number of halogens is 1. The van der Waals surface area contributed by atoms with E-state index in [1.807, 2.05) is 0 Å². The first-order valence-electron chi connectivity index (χ1n) is 11.2. The summed E-state index contributed by atoms with van der Waals surface area (Å²) in [6, 6.07) is 0. The van der Waals surface area contributed by atoms with E-state index in [2.05, 4.69) is 14.9 Å². The Balaban J connectivity index is 1.11. The highest BCUT2D eigenvalue weighted by molar-refractivity contribution is 7.89. The third kappa shape index (κ3) is 5.44. The van der Waals surface area contributed by atoms with Gasteiger partial charge in [-0.05, 0) is 62.7 Å². The van der Waals surface area contributed by atoms with Gasteiger partial charge in [-0.25, -0.2) is 22.7 Å². The van der Waals surface area contributed by atoms with Crippen molar-refractivity contribution in [3.63, 3.8) is 0 Å². The molecule has 0 bridgehead atoms. The number of aromatic nitrogens is 2. The minimum atomic E-state index is -3.04. The largest absolute Gasteiger partial charge is 0.381 e. The third-order valence-electron chi connectivity index (χ3n) is 7.03. The second kappa shape index (κ2) is 9.67. The van der Waals surface area contributed by atoms with E-state index in [4.69, 9.17) is 16.3 Å². The molecule has 2 saturated heterocycles. The van der Waals surface area contributed by atoms with Crippen molar-refractivity contribution in [2.24, 2.45) is 23.7 Å². The molecule has 1 saturated carbocycles. The lowest BCUT2D eigenvalue weighted by Crippen LogP contribution is -2.40. The van der Waals surface area contributed by atoms with E-state index in [0.717, 1.165) is 56.9 Å². The molecule has 0 unspecified atom stereocenters. The van der Waals surface area contributed by atoms with Crippen molar-refractivity contribution in [1.82, 2.24) is 14.3 Å². The molecule has 3 aliphatic rings. The number of nitrogens with zero attached hydrogens (tertiary/aromatic N) is 4. The summed E-state index contributed by atoms with van der Waals surface area (Å²) >= 11 is 5.88. The normalized spacial score (nSPS) is 26.8. The van der Waals surface area contributed by atoms with Crippen LogP contribution in [0.3, 0.4) is 0 Å². The lowest BCUT2D eigenvalue weighted by atomic mass is 9.91. The van der Waals surface area contributed by atoms with Crippen LogP contribution in [0, 0.1) is 23.7 Å². The van der Waals surface area contributed by atoms with E-state index in [0.29, 0.717) is 29.9 Å². The van der Waals surface area contributed by atoms with E-state index < -0.39 is 10.0 Å². The molecular formula is C21H33ClN4O3S. The van der Waals surface area contributed by atoms with Crippen LogP contribution in [-0.2, 0) is 14.8 Å². The molecule has 30 heavy (non-hydrogen) atoms. The highest BCUT2D eigenvalue weighted by atomic mass is 35.5. The Labute approximate surface area is 185 Å². The summed E-state index contributed by atoms with van der Waals surface area (Å²) in [7, 11) is -3.04. The maximum Gasteiger partial charge on any atom is 0.225 e. The van der Waals surface area contributed by atoms with Gasteiger partial charge in [-0.1, -0.05) is 11.6 Å². The second-order valence-corrected chi connectivity index (χ2v) is 11.7. The topological polar surface area (TPSA) is 75.6 Å². The molecular weight excluding hydrogens is 424 g/mol. The maximum absolute atomic E-state index is 12.0. The number of hydrogen-bond donors (Lipinski definition) is 0. The zero-order valence-electron chi connectivity index (χ0n) is 17.7. The number of hydrogen-bond acceptors (Lipinski definition) is 6. The summed E-state index contributed by atoms with van der Waals surface area (Å²) in [5.41, 5.74) is 0. The summed E-state index contributed by atoms with van der Waals surface area (Å²) in [6.45, 7) is 6.66. The molecule has 0 N–H and O–H groups in total. The average Bonchev–Trinajstić information content (AvgIpc) is 3.54. The summed E-state index contributed by atoms with van der Waals surface area (Å²) in [4.78, 5) is 10.9. The Morgan fingerprint density at radius 2 is 1.73 bits per heavy atom. The van der Waals surface area contributed by atoms with Crippen molar-refractivity contribution < 1.29 is 13.2 Å². The van der Waals surface area contributed by atoms with Crippen LogP contribution in [0.15, 0.2) is 12.4 Å². The van der Waals surface area contributed by atoms with Gasteiger partial charge in [0, 0.05) is 39.4 Å². The predicted molar refractivity (Wildman–Crippen MR) is 118 cm³/mol. The molecule has 1 aliphatic carbocycles. The smallest absolute Gasteiger partial charge is 0.225 e. The van der Waals surface area contributed by atoms with Crippen LogP contribution in [0.1, 0.15) is 39.0 Å². The van der Waals surface area contributed by atoms with Gasteiger partial charge in [0.15, 0.2) is 0 Å². The van der Waals surface area contributed by atoms with E-state index in [1.165, 1.54) is 19.3 Å². The molecule has 3 fully saturated rings. The fourth-order valence-electron chi connectivity index (χ4n) is 4.96. The van der Waals surface area contributed by atoms with Gasteiger partial charge in [-0.3, -0.25) is 0 Å². The Kier molecular flexibility index (Phi) is 7.17. The van der Waals surface area contributed by atoms with Gasteiger partial charge in [0.05, 0.1) is 23.2 Å². The maximum atomic E-state index is 12.0. The van der Waals surface area contributed by atoms with Crippen molar-refractivity contribution in [1.29, 1.82) is 0 Å². The van der Waals surface area contributed by atoms with Gasteiger partial charge >= 0.3 is 0 Å². The van der Waals surface area contributed by atoms with Crippen LogP contribution < -0.4 is 4.90 Å². The number of ether oxygens (including phenoxy) is 1. The highest BCUT2D eigenvalue weighted by Crippen LogP contribution is 2.48. The number of sulfonamides is 1. The molecule has 0 radical (unpaired) electrons. The van der Waals surface area contributed by atoms with Crippen molar-refractivity contribution in [3.05, 3.63) is 17.4 Å². The minimum absolute atomic E-state index is 0.197. The first-order chi connectivity index (χ1) is 14.5. The highest BCUT2D eigenvalue weighted by Gasteiger charge is 2.43. The molecule has 1 aromatic rings. The molecule has 3 heterocycles. The Bertz CT molecular complexity index is 791. The van der Waals surface area contributed by atoms with Crippen LogP contribution in [0.25, 0.3) is 0 Å².